The number of aromatic amines is 2. The van der Waals surface area contributed by atoms with Crippen LogP contribution in [0.25, 0.3) is 0 Å². The Kier molecular flexibility index (Phi) is 3.06. The minimum atomic E-state index is -0.124. The number of hydrogen-bond donors (Lipinski definition) is 2. The summed E-state index contributed by atoms with van der Waals surface area (Å²) in [5.74, 6) is 0.243. The smallest absolute Gasteiger partial charge is 0.264 e. The van der Waals surface area contributed by atoms with Crippen molar-refractivity contribution in [1.29, 1.82) is 0 Å². The summed E-state index contributed by atoms with van der Waals surface area (Å²) in [6, 6.07) is 1.53. The Bertz CT molecular complexity index is 326. The van der Waals surface area contributed by atoms with E-state index in [1.807, 2.05) is 13.8 Å². The first-order valence-corrected chi connectivity index (χ1v) is 4.36. The standard InChI is InChI=1S/C9H14N2O2/c1-6(5-12)3-7(2)8-4-9(13)11-10-8/h4-7H,3H2,1-2H3,(H2,10,11,13). The van der Waals surface area contributed by atoms with Crippen molar-refractivity contribution in [1.82, 2.24) is 10.2 Å². The van der Waals surface area contributed by atoms with Crippen LogP contribution in [-0.2, 0) is 4.79 Å². The molecule has 0 bridgehead atoms. The average molecular weight is 182 g/mol. The molecule has 0 aliphatic carbocycles. The minimum Gasteiger partial charge on any atom is -0.303 e. The highest BCUT2D eigenvalue weighted by Crippen LogP contribution is 2.18. The van der Waals surface area contributed by atoms with Gasteiger partial charge in [0.25, 0.3) is 5.56 Å². The fourth-order valence-electron chi connectivity index (χ4n) is 1.35. The molecule has 0 spiro atoms. The van der Waals surface area contributed by atoms with Crippen LogP contribution in [0.1, 0.15) is 31.9 Å². The number of hydrogen-bond acceptors (Lipinski definition) is 2. The molecule has 0 radical (unpaired) electrons. The molecule has 0 saturated carbocycles. The van der Waals surface area contributed by atoms with Gasteiger partial charge in [-0.2, -0.15) is 0 Å². The number of rotatable bonds is 4. The summed E-state index contributed by atoms with van der Waals surface area (Å²) in [6.07, 6.45) is 1.69. The molecule has 72 valence electrons. The SMILES string of the molecule is CC(C=O)CC(C)c1cc(=O)[nH][nH]1. The van der Waals surface area contributed by atoms with Gasteiger partial charge in [0.05, 0.1) is 0 Å². The van der Waals surface area contributed by atoms with Gasteiger partial charge in [-0.25, -0.2) is 0 Å². The summed E-state index contributed by atoms with van der Waals surface area (Å²) in [4.78, 5) is 21.2. The first-order valence-electron chi connectivity index (χ1n) is 4.36. The van der Waals surface area contributed by atoms with Crippen molar-refractivity contribution in [2.24, 2.45) is 5.92 Å². The fraction of sp³-hybridized carbons (Fsp3) is 0.556. The van der Waals surface area contributed by atoms with Crippen LogP contribution < -0.4 is 5.56 Å². The van der Waals surface area contributed by atoms with Crippen LogP contribution in [0, 0.1) is 5.92 Å². The van der Waals surface area contributed by atoms with Crippen molar-refractivity contribution in [3.8, 4) is 0 Å². The number of carbonyl (C=O) groups excluding carboxylic acids is 1. The number of aldehydes is 1. The molecule has 2 unspecified atom stereocenters. The van der Waals surface area contributed by atoms with E-state index in [2.05, 4.69) is 10.2 Å². The predicted octanol–water partition coefficient (Wildman–Crippen LogP) is 1.03. The van der Waals surface area contributed by atoms with Crippen molar-refractivity contribution in [2.45, 2.75) is 26.2 Å². The maximum absolute atomic E-state index is 10.8. The lowest BCUT2D eigenvalue weighted by atomic mass is 9.96. The van der Waals surface area contributed by atoms with E-state index in [1.54, 1.807) is 0 Å². The molecule has 2 N–H and O–H groups in total. The van der Waals surface area contributed by atoms with E-state index in [1.165, 1.54) is 6.07 Å². The summed E-state index contributed by atoms with van der Waals surface area (Å²) in [7, 11) is 0. The van der Waals surface area contributed by atoms with Gasteiger partial charge in [-0.05, 0) is 12.3 Å². The Balaban J connectivity index is 2.63. The fourth-order valence-corrected chi connectivity index (χ4v) is 1.35. The molecular formula is C9H14N2O2. The first kappa shape index (κ1) is 9.77. The highest BCUT2D eigenvalue weighted by molar-refractivity contribution is 5.52. The first-order chi connectivity index (χ1) is 6.13. The van der Waals surface area contributed by atoms with E-state index in [0.29, 0.717) is 0 Å². The van der Waals surface area contributed by atoms with Crippen LogP contribution in [-0.4, -0.2) is 16.5 Å². The zero-order chi connectivity index (χ0) is 9.84. The van der Waals surface area contributed by atoms with Gasteiger partial charge in [-0.15, -0.1) is 0 Å². The lowest BCUT2D eigenvalue weighted by molar-refractivity contribution is -0.110. The summed E-state index contributed by atoms with van der Waals surface area (Å²) < 4.78 is 0. The van der Waals surface area contributed by atoms with Crippen molar-refractivity contribution in [2.75, 3.05) is 0 Å². The molecular weight excluding hydrogens is 168 g/mol. The maximum Gasteiger partial charge on any atom is 0.264 e. The van der Waals surface area contributed by atoms with Gasteiger partial charge in [-0.3, -0.25) is 9.89 Å². The third-order valence-corrected chi connectivity index (χ3v) is 2.11. The normalized spacial score (nSPS) is 15.2. The van der Waals surface area contributed by atoms with Crippen molar-refractivity contribution in [3.63, 3.8) is 0 Å². The summed E-state index contributed by atoms with van der Waals surface area (Å²) >= 11 is 0. The topological polar surface area (TPSA) is 65.7 Å². The second-order valence-corrected chi connectivity index (χ2v) is 3.46. The molecule has 13 heavy (non-hydrogen) atoms. The van der Waals surface area contributed by atoms with Gasteiger partial charge in [0.2, 0.25) is 0 Å². The molecule has 1 aromatic rings. The van der Waals surface area contributed by atoms with E-state index in [4.69, 9.17) is 0 Å². The third-order valence-electron chi connectivity index (χ3n) is 2.11. The lowest BCUT2D eigenvalue weighted by Crippen LogP contribution is -2.03. The molecule has 0 aromatic carbocycles. The average Bonchev–Trinajstić information content (AvgIpc) is 2.51. The second kappa shape index (κ2) is 4.07. The Morgan fingerprint density at radius 1 is 1.46 bits per heavy atom. The highest BCUT2D eigenvalue weighted by atomic mass is 16.1. The number of nitrogens with one attached hydrogen (secondary N) is 2. The molecule has 0 aliphatic heterocycles. The zero-order valence-corrected chi connectivity index (χ0v) is 7.83. The van der Waals surface area contributed by atoms with Crippen molar-refractivity contribution >= 4 is 6.29 Å². The van der Waals surface area contributed by atoms with Gasteiger partial charge in [0, 0.05) is 17.7 Å². The van der Waals surface area contributed by atoms with Crippen LogP contribution in [0.2, 0.25) is 0 Å². The molecule has 1 aromatic heterocycles. The van der Waals surface area contributed by atoms with Crippen LogP contribution in [0.15, 0.2) is 10.9 Å². The molecule has 0 amide bonds. The Hall–Kier alpha value is -1.32. The van der Waals surface area contributed by atoms with Crippen LogP contribution in [0.3, 0.4) is 0 Å². The van der Waals surface area contributed by atoms with Crippen molar-refractivity contribution in [3.05, 3.63) is 22.1 Å². The molecule has 4 heteroatoms. The molecule has 2 atom stereocenters. The van der Waals surface area contributed by atoms with Gasteiger partial charge >= 0.3 is 0 Å². The largest absolute Gasteiger partial charge is 0.303 e. The second-order valence-electron chi connectivity index (χ2n) is 3.46. The zero-order valence-electron chi connectivity index (χ0n) is 7.83. The molecule has 1 rings (SSSR count). The number of carbonyl (C=O) groups is 1. The van der Waals surface area contributed by atoms with E-state index in [9.17, 15) is 9.59 Å². The van der Waals surface area contributed by atoms with E-state index in [-0.39, 0.29) is 17.4 Å². The molecule has 4 nitrogen and oxygen atoms in total. The summed E-state index contributed by atoms with van der Waals surface area (Å²) in [5.41, 5.74) is 0.735. The molecule has 0 saturated heterocycles. The Morgan fingerprint density at radius 2 is 2.15 bits per heavy atom. The summed E-state index contributed by atoms with van der Waals surface area (Å²) in [5, 5.41) is 5.25. The lowest BCUT2D eigenvalue weighted by Gasteiger charge is -2.10. The van der Waals surface area contributed by atoms with Gasteiger partial charge < -0.3 is 9.89 Å². The van der Waals surface area contributed by atoms with E-state index in [0.717, 1.165) is 18.4 Å². The summed E-state index contributed by atoms with van der Waals surface area (Å²) in [6.45, 7) is 3.85. The van der Waals surface area contributed by atoms with Gasteiger partial charge in [-0.1, -0.05) is 13.8 Å². The van der Waals surface area contributed by atoms with Crippen LogP contribution >= 0.6 is 0 Å². The van der Waals surface area contributed by atoms with E-state index >= 15 is 0 Å². The van der Waals surface area contributed by atoms with Crippen LogP contribution in [0.5, 0.6) is 0 Å². The van der Waals surface area contributed by atoms with Crippen LogP contribution in [0.4, 0.5) is 0 Å². The highest BCUT2D eigenvalue weighted by Gasteiger charge is 2.11. The third kappa shape index (κ3) is 2.57. The van der Waals surface area contributed by atoms with Gasteiger partial charge in [0.1, 0.15) is 6.29 Å². The van der Waals surface area contributed by atoms with Crippen molar-refractivity contribution < 1.29 is 4.79 Å². The predicted molar refractivity (Wildman–Crippen MR) is 49.7 cm³/mol. The van der Waals surface area contributed by atoms with Gasteiger partial charge in [0.15, 0.2) is 0 Å². The monoisotopic (exact) mass is 182 g/mol. The quantitative estimate of drug-likeness (QED) is 0.683. The Labute approximate surface area is 76.3 Å². The maximum atomic E-state index is 10.8. The number of aromatic nitrogens is 2. The Morgan fingerprint density at radius 3 is 2.62 bits per heavy atom. The van der Waals surface area contributed by atoms with E-state index < -0.39 is 0 Å². The number of H-pyrrole nitrogens is 2. The molecule has 0 fully saturated rings. The minimum absolute atomic E-state index is 0.0356. The molecule has 0 aliphatic rings. The molecule has 1 heterocycles.